The Bertz CT molecular complexity index is 644. The highest BCUT2D eigenvalue weighted by Gasteiger charge is 2.21. The molecule has 7 heteroatoms. The second-order valence-corrected chi connectivity index (χ2v) is 3.78. The van der Waals surface area contributed by atoms with Gasteiger partial charge in [0.1, 0.15) is 12.2 Å². The number of imidazole rings is 1. The lowest BCUT2D eigenvalue weighted by atomic mass is 10.2. The molecule has 0 unspecified atom stereocenters. The van der Waals surface area contributed by atoms with E-state index in [0.717, 1.165) is 4.90 Å². The van der Waals surface area contributed by atoms with E-state index >= 15 is 0 Å². The number of H-pyrrole nitrogens is 2. The topological polar surface area (TPSA) is 106 Å². The van der Waals surface area contributed by atoms with Crippen molar-refractivity contribution >= 4 is 17.6 Å². The van der Waals surface area contributed by atoms with E-state index in [4.69, 9.17) is 5.11 Å². The maximum absolute atomic E-state index is 12.2. The van der Waals surface area contributed by atoms with Crippen LogP contribution in [0.1, 0.15) is 10.5 Å². The Balaban J connectivity index is 2.35. The summed E-state index contributed by atoms with van der Waals surface area (Å²) in [6, 6.07) is 8.37. The first-order chi connectivity index (χ1) is 9.08. The number of aliphatic carboxylic acids is 1. The molecule has 98 valence electrons. The van der Waals surface area contributed by atoms with E-state index in [2.05, 4.69) is 9.97 Å². The lowest BCUT2D eigenvalue weighted by molar-refractivity contribution is -0.135. The number of para-hydroxylation sites is 1. The zero-order chi connectivity index (χ0) is 13.8. The van der Waals surface area contributed by atoms with Gasteiger partial charge in [-0.2, -0.15) is 0 Å². The number of hydrogen-bond acceptors (Lipinski definition) is 3. The van der Waals surface area contributed by atoms with Crippen LogP contribution in [0.15, 0.2) is 41.3 Å². The standard InChI is InChI=1S/C12H11N3O4/c16-10(17)7-15(8-4-2-1-3-5-8)11(18)9-6-13-12(19)14-9/h1-6H,7H2,(H,16,17)(H2,13,14,19). The monoisotopic (exact) mass is 261 g/mol. The smallest absolute Gasteiger partial charge is 0.323 e. The number of carboxylic acid groups (broad SMARTS) is 1. The van der Waals surface area contributed by atoms with Crippen LogP contribution in [0.2, 0.25) is 0 Å². The van der Waals surface area contributed by atoms with Crippen LogP contribution in [0.3, 0.4) is 0 Å². The second kappa shape index (κ2) is 5.21. The fraction of sp³-hybridized carbons (Fsp3) is 0.0833. The number of nitrogens with one attached hydrogen (secondary N) is 2. The third kappa shape index (κ3) is 2.89. The van der Waals surface area contributed by atoms with Crippen LogP contribution in [0.4, 0.5) is 5.69 Å². The Morgan fingerprint density at radius 2 is 1.89 bits per heavy atom. The van der Waals surface area contributed by atoms with Gasteiger partial charge in [0, 0.05) is 11.9 Å². The Hall–Kier alpha value is -2.83. The summed E-state index contributed by atoms with van der Waals surface area (Å²) in [6.45, 7) is -0.490. The average Bonchev–Trinajstić information content (AvgIpc) is 2.83. The number of rotatable bonds is 4. The zero-order valence-corrected chi connectivity index (χ0v) is 9.79. The molecule has 0 atom stereocenters. The van der Waals surface area contributed by atoms with Gasteiger partial charge in [0.25, 0.3) is 5.91 Å². The van der Waals surface area contributed by atoms with Crippen LogP contribution >= 0.6 is 0 Å². The lowest BCUT2D eigenvalue weighted by Gasteiger charge is -2.19. The molecule has 2 rings (SSSR count). The molecule has 1 heterocycles. The predicted octanol–water partition coefficient (Wildman–Crippen LogP) is 0.434. The second-order valence-electron chi connectivity index (χ2n) is 3.78. The quantitative estimate of drug-likeness (QED) is 0.742. The first-order valence-electron chi connectivity index (χ1n) is 5.44. The fourth-order valence-electron chi connectivity index (χ4n) is 1.62. The lowest BCUT2D eigenvalue weighted by Crippen LogP contribution is -2.36. The van der Waals surface area contributed by atoms with E-state index in [-0.39, 0.29) is 5.69 Å². The summed E-state index contributed by atoms with van der Waals surface area (Å²) in [7, 11) is 0. The molecule has 2 aromatic rings. The van der Waals surface area contributed by atoms with Gasteiger partial charge >= 0.3 is 11.7 Å². The molecular formula is C12H11N3O4. The molecule has 3 N–H and O–H groups in total. The van der Waals surface area contributed by atoms with Crippen molar-refractivity contribution in [3.05, 3.63) is 52.7 Å². The van der Waals surface area contributed by atoms with Gasteiger partial charge in [0.15, 0.2) is 0 Å². The van der Waals surface area contributed by atoms with Gasteiger partial charge in [-0.05, 0) is 12.1 Å². The molecule has 7 nitrogen and oxygen atoms in total. The molecule has 19 heavy (non-hydrogen) atoms. The largest absolute Gasteiger partial charge is 0.480 e. The molecule has 0 fully saturated rings. The molecule has 0 bridgehead atoms. The molecule has 0 radical (unpaired) electrons. The summed E-state index contributed by atoms with van der Waals surface area (Å²) in [5.41, 5.74) is -0.0706. The molecular weight excluding hydrogens is 250 g/mol. The highest BCUT2D eigenvalue weighted by atomic mass is 16.4. The van der Waals surface area contributed by atoms with Crippen molar-refractivity contribution in [3.8, 4) is 0 Å². The third-order valence-electron chi connectivity index (χ3n) is 2.43. The Morgan fingerprint density at radius 1 is 1.21 bits per heavy atom. The number of nitrogens with zero attached hydrogens (tertiary/aromatic N) is 1. The van der Waals surface area contributed by atoms with Crippen LogP contribution in [-0.4, -0.2) is 33.5 Å². The SMILES string of the molecule is O=C(O)CN(C(=O)c1c[nH]c(=O)[nH]1)c1ccccc1. The minimum absolute atomic E-state index is 0.00935. The number of anilines is 1. The highest BCUT2D eigenvalue weighted by molar-refractivity contribution is 6.06. The number of aromatic amines is 2. The van der Waals surface area contributed by atoms with E-state index < -0.39 is 24.1 Å². The normalized spacial score (nSPS) is 10.1. The van der Waals surface area contributed by atoms with Gasteiger partial charge in [-0.1, -0.05) is 18.2 Å². The predicted molar refractivity (Wildman–Crippen MR) is 67.2 cm³/mol. The molecule has 0 aliphatic heterocycles. The molecule has 0 spiro atoms. The number of aromatic nitrogens is 2. The van der Waals surface area contributed by atoms with Crippen LogP contribution in [0.5, 0.6) is 0 Å². The van der Waals surface area contributed by atoms with E-state index in [9.17, 15) is 14.4 Å². The molecule has 0 saturated heterocycles. The maximum Gasteiger partial charge on any atom is 0.323 e. The summed E-state index contributed by atoms with van der Waals surface area (Å²) < 4.78 is 0. The van der Waals surface area contributed by atoms with Crippen LogP contribution < -0.4 is 10.6 Å². The summed E-state index contributed by atoms with van der Waals surface area (Å²) in [5, 5.41) is 8.87. The number of carbonyl (C=O) groups is 2. The number of carbonyl (C=O) groups excluding carboxylic acids is 1. The first-order valence-corrected chi connectivity index (χ1v) is 5.44. The summed E-state index contributed by atoms with van der Waals surface area (Å²) in [6.07, 6.45) is 1.21. The Labute approximate surface area is 107 Å². The van der Waals surface area contributed by atoms with Gasteiger partial charge in [-0.15, -0.1) is 0 Å². The maximum atomic E-state index is 12.2. The number of amides is 1. The van der Waals surface area contributed by atoms with E-state index in [1.165, 1.54) is 6.20 Å². The van der Waals surface area contributed by atoms with Crippen LogP contribution in [0, 0.1) is 0 Å². The average molecular weight is 261 g/mol. The van der Waals surface area contributed by atoms with Crippen molar-refractivity contribution in [2.45, 2.75) is 0 Å². The summed E-state index contributed by atoms with van der Waals surface area (Å²) in [4.78, 5) is 39.7. The molecule has 1 amide bonds. The summed E-state index contributed by atoms with van der Waals surface area (Å²) in [5.74, 6) is -1.73. The van der Waals surface area contributed by atoms with Gasteiger partial charge in [-0.3, -0.25) is 14.5 Å². The van der Waals surface area contributed by atoms with Crippen LogP contribution in [0.25, 0.3) is 0 Å². The number of benzene rings is 1. The van der Waals surface area contributed by atoms with Gasteiger partial charge in [-0.25, -0.2) is 4.79 Å². The van der Waals surface area contributed by atoms with Crippen molar-refractivity contribution in [2.75, 3.05) is 11.4 Å². The van der Waals surface area contributed by atoms with E-state index in [1.54, 1.807) is 30.3 Å². The van der Waals surface area contributed by atoms with Crippen molar-refractivity contribution in [1.82, 2.24) is 9.97 Å². The van der Waals surface area contributed by atoms with Crippen LogP contribution in [-0.2, 0) is 4.79 Å². The van der Waals surface area contributed by atoms with Gasteiger partial charge < -0.3 is 15.1 Å². The Kier molecular flexibility index (Phi) is 3.46. The molecule has 1 aromatic heterocycles. The van der Waals surface area contributed by atoms with Gasteiger partial charge in [0.05, 0.1) is 0 Å². The molecule has 1 aromatic carbocycles. The fourth-order valence-corrected chi connectivity index (χ4v) is 1.62. The molecule has 0 aliphatic carbocycles. The first kappa shape index (κ1) is 12.6. The number of carboxylic acids is 1. The van der Waals surface area contributed by atoms with Gasteiger partial charge in [0.2, 0.25) is 0 Å². The zero-order valence-electron chi connectivity index (χ0n) is 9.79. The molecule has 0 saturated carbocycles. The van der Waals surface area contributed by atoms with Crippen molar-refractivity contribution in [2.24, 2.45) is 0 Å². The van der Waals surface area contributed by atoms with E-state index in [1.807, 2.05) is 0 Å². The van der Waals surface area contributed by atoms with E-state index in [0.29, 0.717) is 5.69 Å². The minimum atomic E-state index is -1.14. The van der Waals surface area contributed by atoms with Crippen molar-refractivity contribution < 1.29 is 14.7 Å². The summed E-state index contributed by atoms with van der Waals surface area (Å²) >= 11 is 0. The number of hydrogen-bond donors (Lipinski definition) is 3. The van der Waals surface area contributed by atoms with Crippen molar-refractivity contribution in [3.63, 3.8) is 0 Å². The molecule has 0 aliphatic rings. The Morgan fingerprint density at radius 3 is 2.42 bits per heavy atom. The highest BCUT2D eigenvalue weighted by Crippen LogP contribution is 2.15. The minimum Gasteiger partial charge on any atom is -0.480 e. The van der Waals surface area contributed by atoms with Crippen molar-refractivity contribution in [1.29, 1.82) is 0 Å². The third-order valence-corrected chi connectivity index (χ3v) is 2.43.